The molecule has 4 nitrogen and oxygen atoms in total. The fourth-order valence-corrected chi connectivity index (χ4v) is 3.32. The Bertz CT molecular complexity index is 563. The highest BCUT2D eigenvalue weighted by molar-refractivity contribution is 5.29. The van der Waals surface area contributed by atoms with Gasteiger partial charge in [-0.2, -0.15) is 0 Å². The van der Waals surface area contributed by atoms with E-state index in [-0.39, 0.29) is 11.2 Å². The molecule has 1 aromatic rings. The number of pyridine rings is 1. The molecular weight excluding hydrogens is 276 g/mol. The third-order valence-corrected chi connectivity index (χ3v) is 4.64. The zero-order chi connectivity index (χ0) is 16.3. The first-order valence-electron chi connectivity index (χ1n) is 8.53. The number of hydrogen-bond acceptors (Lipinski definition) is 3. The maximum absolute atomic E-state index is 12.0. The van der Waals surface area contributed by atoms with Crippen LogP contribution in [-0.4, -0.2) is 27.7 Å². The number of aromatic nitrogens is 1. The lowest BCUT2D eigenvalue weighted by atomic mass is 10.00. The van der Waals surface area contributed by atoms with Crippen molar-refractivity contribution in [2.75, 3.05) is 13.1 Å². The van der Waals surface area contributed by atoms with Crippen LogP contribution >= 0.6 is 0 Å². The van der Waals surface area contributed by atoms with Gasteiger partial charge in [0.25, 0.3) is 0 Å². The van der Waals surface area contributed by atoms with E-state index in [2.05, 4.69) is 30.2 Å². The van der Waals surface area contributed by atoms with Crippen LogP contribution in [0.3, 0.4) is 0 Å². The molecule has 2 rings (SSSR count). The lowest BCUT2D eigenvalue weighted by Gasteiger charge is -2.32. The molecule has 1 aromatic heterocycles. The van der Waals surface area contributed by atoms with Crippen LogP contribution in [0.1, 0.15) is 51.4 Å². The van der Waals surface area contributed by atoms with Crippen molar-refractivity contribution in [3.8, 4) is 5.75 Å². The van der Waals surface area contributed by atoms with Gasteiger partial charge < -0.3 is 9.67 Å². The summed E-state index contributed by atoms with van der Waals surface area (Å²) in [6.45, 7) is 12.3. The third-order valence-electron chi connectivity index (χ3n) is 4.64. The molecule has 0 saturated carbocycles. The second-order valence-electron chi connectivity index (χ2n) is 7.26. The molecule has 1 atom stereocenters. The minimum absolute atomic E-state index is 0.0624. The van der Waals surface area contributed by atoms with Crippen molar-refractivity contribution < 1.29 is 5.11 Å². The Kier molecular flexibility index (Phi) is 5.68. The largest absolute Gasteiger partial charge is 0.503 e. The number of nitrogens with zero attached hydrogens (tertiary/aromatic N) is 2. The molecule has 2 heterocycles. The molecule has 1 aliphatic rings. The Labute approximate surface area is 133 Å². The first kappa shape index (κ1) is 17.1. The highest BCUT2D eigenvalue weighted by Crippen LogP contribution is 2.22. The third kappa shape index (κ3) is 4.13. The van der Waals surface area contributed by atoms with E-state index in [0.29, 0.717) is 18.4 Å². The summed E-state index contributed by atoms with van der Waals surface area (Å²) in [6.07, 6.45) is 3.52. The van der Waals surface area contributed by atoms with Crippen LogP contribution in [0.5, 0.6) is 5.75 Å². The zero-order valence-corrected chi connectivity index (χ0v) is 14.4. The molecule has 1 saturated heterocycles. The normalized spacial score (nSPS) is 19.8. The van der Waals surface area contributed by atoms with Crippen LogP contribution in [0.2, 0.25) is 0 Å². The molecule has 0 radical (unpaired) electrons. The molecule has 0 amide bonds. The number of rotatable bonds is 5. The Hall–Kier alpha value is -1.29. The summed E-state index contributed by atoms with van der Waals surface area (Å²) >= 11 is 0. The van der Waals surface area contributed by atoms with Gasteiger partial charge in [-0.25, -0.2) is 0 Å². The molecule has 22 heavy (non-hydrogen) atoms. The number of aryl methyl sites for hydroxylation is 1. The Morgan fingerprint density at radius 3 is 2.77 bits per heavy atom. The Balaban J connectivity index is 2.28. The van der Waals surface area contributed by atoms with E-state index < -0.39 is 0 Å². The monoisotopic (exact) mass is 306 g/mol. The van der Waals surface area contributed by atoms with Crippen molar-refractivity contribution in [1.29, 1.82) is 0 Å². The molecule has 1 fully saturated rings. The molecule has 124 valence electrons. The molecule has 1 aliphatic heterocycles. The predicted molar refractivity (Wildman–Crippen MR) is 90.2 cm³/mol. The van der Waals surface area contributed by atoms with Gasteiger partial charge in [-0.3, -0.25) is 9.69 Å². The summed E-state index contributed by atoms with van der Waals surface area (Å²) in [4.78, 5) is 14.3. The Morgan fingerprint density at radius 2 is 2.14 bits per heavy atom. The average molecular weight is 306 g/mol. The number of likely N-dealkylation sites (tertiary alicyclic amines) is 1. The fourth-order valence-electron chi connectivity index (χ4n) is 3.32. The molecule has 0 aliphatic carbocycles. The fraction of sp³-hybridized carbons (Fsp3) is 0.722. The van der Waals surface area contributed by atoms with Crippen molar-refractivity contribution in [3.63, 3.8) is 0 Å². The van der Waals surface area contributed by atoms with Gasteiger partial charge in [0, 0.05) is 31.4 Å². The van der Waals surface area contributed by atoms with E-state index in [1.165, 1.54) is 12.8 Å². The maximum Gasteiger partial charge on any atom is 0.223 e. The molecule has 4 heteroatoms. The first-order valence-corrected chi connectivity index (χ1v) is 8.53. The highest BCUT2D eigenvalue weighted by atomic mass is 16.3. The van der Waals surface area contributed by atoms with Crippen molar-refractivity contribution in [1.82, 2.24) is 9.47 Å². The van der Waals surface area contributed by atoms with Crippen LogP contribution in [0.4, 0.5) is 0 Å². The van der Waals surface area contributed by atoms with E-state index in [0.717, 1.165) is 37.4 Å². The first-order chi connectivity index (χ1) is 10.4. The van der Waals surface area contributed by atoms with Crippen LogP contribution < -0.4 is 5.43 Å². The highest BCUT2D eigenvalue weighted by Gasteiger charge is 2.20. The molecular formula is C18H30N2O2. The van der Waals surface area contributed by atoms with Gasteiger partial charge in [-0.15, -0.1) is 0 Å². The van der Waals surface area contributed by atoms with Gasteiger partial charge in [0.15, 0.2) is 5.75 Å². The van der Waals surface area contributed by atoms with E-state index in [1.54, 1.807) is 6.07 Å². The van der Waals surface area contributed by atoms with E-state index in [9.17, 15) is 9.90 Å². The Morgan fingerprint density at radius 1 is 1.41 bits per heavy atom. The lowest BCUT2D eigenvalue weighted by molar-refractivity contribution is 0.170. The van der Waals surface area contributed by atoms with Gasteiger partial charge >= 0.3 is 0 Å². The number of piperidine rings is 1. The smallest absolute Gasteiger partial charge is 0.223 e. The van der Waals surface area contributed by atoms with Gasteiger partial charge in [0.05, 0.1) is 5.69 Å². The second-order valence-corrected chi connectivity index (χ2v) is 7.26. The minimum Gasteiger partial charge on any atom is -0.503 e. The summed E-state index contributed by atoms with van der Waals surface area (Å²) in [6, 6.07) is 1.55. The van der Waals surface area contributed by atoms with Crippen LogP contribution in [0.25, 0.3) is 0 Å². The maximum atomic E-state index is 12.0. The van der Waals surface area contributed by atoms with E-state index in [1.807, 2.05) is 6.92 Å². The van der Waals surface area contributed by atoms with Gasteiger partial charge in [-0.05, 0) is 44.6 Å². The quantitative estimate of drug-likeness (QED) is 0.909. The van der Waals surface area contributed by atoms with Gasteiger partial charge in [-0.1, -0.05) is 20.8 Å². The summed E-state index contributed by atoms with van der Waals surface area (Å²) in [5.74, 6) is 1.23. The van der Waals surface area contributed by atoms with Crippen LogP contribution in [0.15, 0.2) is 10.9 Å². The van der Waals surface area contributed by atoms with Crippen molar-refractivity contribution in [3.05, 3.63) is 27.7 Å². The zero-order valence-electron chi connectivity index (χ0n) is 14.4. The molecule has 0 bridgehead atoms. The molecule has 0 aromatic carbocycles. The van der Waals surface area contributed by atoms with Crippen LogP contribution in [-0.2, 0) is 13.1 Å². The SMILES string of the molecule is Cc1cc(=O)c(O)c(CN2CCCC(C)C2)n1CCC(C)C. The summed E-state index contributed by atoms with van der Waals surface area (Å²) in [7, 11) is 0. The van der Waals surface area contributed by atoms with Crippen molar-refractivity contribution >= 4 is 0 Å². The number of aromatic hydroxyl groups is 1. The summed E-state index contributed by atoms with van der Waals surface area (Å²) in [5.41, 5.74) is 1.49. The minimum atomic E-state index is -0.252. The molecule has 0 spiro atoms. The topological polar surface area (TPSA) is 45.5 Å². The lowest BCUT2D eigenvalue weighted by Crippen LogP contribution is -2.35. The molecule has 1 unspecified atom stereocenters. The van der Waals surface area contributed by atoms with Crippen molar-refractivity contribution in [2.45, 2.75) is 60.0 Å². The van der Waals surface area contributed by atoms with Gasteiger partial charge in [0.1, 0.15) is 0 Å². The van der Waals surface area contributed by atoms with Crippen molar-refractivity contribution in [2.24, 2.45) is 11.8 Å². The van der Waals surface area contributed by atoms with E-state index in [4.69, 9.17) is 0 Å². The second kappa shape index (κ2) is 7.32. The standard InChI is InChI=1S/C18H30N2O2/c1-13(2)7-9-20-15(4)10-17(21)18(22)16(20)12-19-8-5-6-14(3)11-19/h10,13-14,22H,5-9,11-12H2,1-4H3. The molecule has 1 N–H and O–H groups in total. The van der Waals surface area contributed by atoms with E-state index >= 15 is 0 Å². The van der Waals surface area contributed by atoms with Gasteiger partial charge in [0.2, 0.25) is 5.43 Å². The number of hydrogen-bond donors (Lipinski definition) is 1. The summed E-state index contributed by atoms with van der Waals surface area (Å²) < 4.78 is 2.13. The predicted octanol–water partition coefficient (Wildman–Crippen LogP) is 3.14. The average Bonchev–Trinajstić information content (AvgIpc) is 2.43. The van der Waals surface area contributed by atoms with Crippen LogP contribution in [0, 0.1) is 18.8 Å². The summed E-state index contributed by atoms with van der Waals surface area (Å²) in [5, 5.41) is 10.3.